The standard InChI is InChI=1S/C15H17BrFNS/c1-10(7-14-6-3-11(2)19-14)18-9-12-4-5-13(16)8-15(12)17/h3-6,8,10,18H,7,9H2,1-2H3. The van der Waals surface area contributed by atoms with E-state index in [1.165, 1.54) is 15.8 Å². The van der Waals surface area contributed by atoms with E-state index in [2.05, 4.69) is 47.2 Å². The maximum absolute atomic E-state index is 13.7. The summed E-state index contributed by atoms with van der Waals surface area (Å²) in [5, 5.41) is 3.37. The summed E-state index contributed by atoms with van der Waals surface area (Å²) in [6.07, 6.45) is 0.983. The lowest BCUT2D eigenvalue weighted by molar-refractivity contribution is 0.527. The highest BCUT2D eigenvalue weighted by Gasteiger charge is 2.07. The number of hydrogen-bond donors (Lipinski definition) is 1. The van der Waals surface area contributed by atoms with Gasteiger partial charge in [0.1, 0.15) is 5.82 Å². The van der Waals surface area contributed by atoms with Gasteiger partial charge in [-0.05, 0) is 44.5 Å². The average molecular weight is 342 g/mol. The third-order valence-electron chi connectivity index (χ3n) is 2.96. The minimum absolute atomic E-state index is 0.166. The predicted molar refractivity (Wildman–Crippen MR) is 83.2 cm³/mol. The van der Waals surface area contributed by atoms with Crippen LogP contribution in [-0.4, -0.2) is 6.04 Å². The van der Waals surface area contributed by atoms with Gasteiger partial charge in [0.15, 0.2) is 0 Å². The molecule has 4 heteroatoms. The summed E-state index contributed by atoms with van der Waals surface area (Å²) in [6, 6.07) is 9.83. The van der Waals surface area contributed by atoms with E-state index < -0.39 is 0 Å². The highest BCUT2D eigenvalue weighted by molar-refractivity contribution is 9.10. The topological polar surface area (TPSA) is 12.0 Å². The Morgan fingerprint density at radius 1 is 1.32 bits per heavy atom. The van der Waals surface area contributed by atoms with Gasteiger partial charge in [0.25, 0.3) is 0 Å². The van der Waals surface area contributed by atoms with Crippen molar-refractivity contribution in [3.8, 4) is 0 Å². The van der Waals surface area contributed by atoms with E-state index in [4.69, 9.17) is 0 Å². The van der Waals surface area contributed by atoms with Gasteiger partial charge in [-0.1, -0.05) is 22.0 Å². The van der Waals surface area contributed by atoms with Gasteiger partial charge < -0.3 is 5.32 Å². The van der Waals surface area contributed by atoms with Crippen LogP contribution in [0.15, 0.2) is 34.8 Å². The zero-order chi connectivity index (χ0) is 13.8. The zero-order valence-electron chi connectivity index (χ0n) is 11.0. The summed E-state index contributed by atoms with van der Waals surface area (Å²) >= 11 is 5.09. The molecule has 0 saturated heterocycles. The van der Waals surface area contributed by atoms with Crippen molar-refractivity contribution in [3.63, 3.8) is 0 Å². The quantitative estimate of drug-likeness (QED) is 0.832. The maximum Gasteiger partial charge on any atom is 0.128 e. The van der Waals surface area contributed by atoms with Crippen molar-refractivity contribution in [2.24, 2.45) is 0 Å². The van der Waals surface area contributed by atoms with E-state index in [9.17, 15) is 4.39 Å². The first-order valence-electron chi connectivity index (χ1n) is 6.27. The van der Waals surface area contributed by atoms with Crippen LogP contribution in [0.2, 0.25) is 0 Å². The Labute approximate surface area is 126 Å². The smallest absolute Gasteiger partial charge is 0.128 e. The fourth-order valence-electron chi connectivity index (χ4n) is 1.92. The summed E-state index contributed by atoms with van der Waals surface area (Å²) < 4.78 is 14.4. The molecule has 0 spiro atoms. The summed E-state index contributed by atoms with van der Waals surface area (Å²) in [4.78, 5) is 2.70. The van der Waals surface area contributed by atoms with Gasteiger partial charge in [-0.3, -0.25) is 0 Å². The highest BCUT2D eigenvalue weighted by atomic mass is 79.9. The fraction of sp³-hybridized carbons (Fsp3) is 0.333. The SMILES string of the molecule is Cc1ccc(CC(C)NCc2ccc(Br)cc2F)s1. The summed E-state index contributed by atoms with van der Waals surface area (Å²) in [5.41, 5.74) is 0.706. The largest absolute Gasteiger partial charge is 0.310 e. The summed E-state index contributed by atoms with van der Waals surface area (Å²) in [7, 11) is 0. The zero-order valence-corrected chi connectivity index (χ0v) is 13.4. The molecule has 2 aromatic rings. The number of hydrogen-bond acceptors (Lipinski definition) is 2. The van der Waals surface area contributed by atoms with Crippen molar-refractivity contribution in [1.29, 1.82) is 0 Å². The minimum atomic E-state index is -0.166. The van der Waals surface area contributed by atoms with Crippen molar-refractivity contribution < 1.29 is 4.39 Å². The maximum atomic E-state index is 13.7. The first-order chi connectivity index (χ1) is 9.04. The molecule has 1 atom stereocenters. The van der Waals surface area contributed by atoms with Crippen molar-refractivity contribution >= 4 is 27.3 Å². The van der Waals surface area contributed by atoms with Crippen LogP contribution in [0.4, 0.5) is 4.39 Å². The van der Waals surface area contributed by atoms with E-state index in [1.54, 1.807) is 0 Å². The van der Waals surface area contributed by atoms with Gasteiger partial charge in [0.2, 0.25) is 0 Å². The Bertz CT molecular complexity index is 553. The number of rotatable bonds is 5. The second kappa shape index (κ2) is 6.64. The molecule has 1 aromatic heterocycles. The van der Waals surface area contributed by atoms with Crippen LogP contribution in [0.1, 0.15) is 22.2 Å². The molecule has 1 N–H and O–H groups in total. The molecule has 0 aliphatic carbocycles. The Morgan fingerprint density at radius 2 is 2.11 bits per heavy atom. The predicted octanol–water partition coefficient (Wildman–Crippen LogP) is 4.68. The molecule has 0 saturated carbocycles. The number of aryl methyl sites for hydroxylation is 1. The molecule has 1 aromatic carbocycles. The molecule has 1 nitrogen and oxygen atoms in total. The van der Waals surface area contributed by atoms with Crippen molar-refractivity contribution in [3.05, 3.63) is 55.9 Å². The lowest BCUT2D eigenvalue weighted by Crippen LogP contribution is -2.27. The molecule has 0 aliphatic rings. The second-order valence-electron chi connectivity index (χ2n) is 4.73. The third kappa shape index (κ3) is 4.41. The Hall–Kier alpha value is -0.710. The number of thiophene rings is 1. The molecule has 0 amide bonds. The van der Waals surface area contributed by atoms with Crippen LogP contribution < -0.4 is 5.32 Å². The Balaban J connectivity index is 1.87. The lowest BCUT2D eigenvalue weighted by Gasteiger charge is -2.13. The molecule has 0 bridgehead atoms. The number of nitrogens with one attached hydrogen (secondary N) is 1. The molecule has 102 valence electrons. The Kier molecular flexibility index (Phi) is 5.13. The molecule has 0 radical (unpaired) electrons. The van der Waals surface area contributed by atoms with E-state index in [0.717, 1.165) is 10.9 Å². The normalized spacial score (nSPS) is 12.6. The molecule has 2 rings (SSSR count). The van der Waals surface area contributed by atoms with Crippen molar-refractivity contribution in [2.45, 2.75) is 32.9 Å². The number of benzene rings is 1. The van der Waals surface area contributed by atoms with Crippen LogP contribution >= 0.6 is 27.3 Å². The third-order valence-corrected chi connectivity index (χ3v) is 4.48. The van der Waals surface area contributed by atoms with Crippen LogP contribution in [-0.2, 0) is 13.0 Å². The molecule has 1 unspecified atom stereocenters. The van der Waals surface area contributed by atoms with Gasteiger partial charge >= 0.3 is 0 Å². The van der Waals surface area contributed by atoms with E-state index >= 15 is 0 Å². The summed E-state index contributed by atoms with van der Waals surface area (Å²) in [6.45, 7) is 4.81. The molecular formula is C15H17BrFNS. The second-order valence-corrected chi connectivity index (χ2v) is 7.02. The first kappa shape index (κ1) is 14.7. The van der Waals surface area contributed by atoms with Crippen LogP contribution in [0.5, 0.6) is 0 Å². The number of halogens is 2. The molecular weight excluding hydrogens is 325 g/mol. The minimum Gasteiger partial charge on any atom is -0.310 e. The van der Waals surface area contributed by atoms with Gasteiger partial charge in [-0.25, -0.2) is 4.39 Å². The van der Waals surface area contributed by atoms with Gasteiger partial charge in [0.05, 0.1) is 0 Å². The molecule has 1 heterocycles. The van der Waals surface area contributed by atoms with Gasteiger partial charge in [-0.2, -0.15) is 0 Å². The lowest BCUT2D eigenvalue weighted by atomic mass is 10.1. The fourth-order valence-corrected chi connectivity index (χ4v) is 3.27. The molecule has 0 fully saturated rings. The monoisotopic (exact) mass is 341 g/mol. The average Bonchev–Trinajstić information content (AvgIpc) is 2.73. The molecule has 19 heavy (non-hydrogen) atoms. The summed E-state index contributed by atoms with van der Waals surface area (Å²) in [5.74, 6) is -0.166. The van der Waals surface area contributed by atoms with Crippen molar-refractivity contribution in [1.82, 2.24) is 5.32 Å². The van der Waals surface area contributed by atoms with E-state index in [0.29, 0.717) is 18.2 Å². The Morgan fingerprint density at radius 3 is 2.74 bits per heavy atom. The highest BCUT2D eigenvalue weighted by Crippen LogP contribution is 2.18. The van der Waals surface area contributed by atoms with Crippen molar-refractivity contribution in [2.75, 3.05) is 0 Å². The first-order valence-corrected chi connectivity index (χ1v) is 7.88. The van der Waals surface area contributed by atoms with E-state index in [1.807, 2.05) is 23.5 Å². The van der Waals surface area contributed by atoms with Crippen LogP contribution in [0, 0.1) is 12.7 Å². The van der Waals surface area contributed by atoms with E-state index in [-0.39, 0.29) is 5.82 Å². The van der Waals surface area contributed by atoms with Gasteiger partial charge in [0, 0.05) is 32.4 Å². The van der Waals surface area contributed by atoms with Gasteiger partial charge in [-0.15, -0.1) is 11.3 Å². The van der Waals surface area contributed by atoms with Crippen LogP contribution in [0.3, 0.4) is 0 Å². The molecule has 0 aliphatic heterocycles. The van der Waals surface area contributed by atoms with Crippen LogP contribution in [0.25, 0.3) is 0 Å².